The Hall–Kier alpha value is -2.22. The minimum Gasteiger partial charge on any atom is -0.290 e. The maximum atomic E-state index is 11.3. The van der Waals surface area contributed by atoms with Crippen molar-refractivity contribution in [3.63, 3.8) is 0 Å². The van der Waals surface area contributed by atoms with Crippen molar-refractivity contribution in [2.24, 2.45) is 0 Å². The Morgan fingerprint density at radius 3 is 1.44 bits per heavy atom. The van der Waals surface area contributed by atoms with Crippen LogP contribution in [0.1, 0.15) is 13.8 Å². The average Bonchev–Trinajstić information content (AvgIpc) is 2.35. The highest BCUT2D eigenvalue weighted by atomic mass is 16.1. The molecular formula is C16H14O2. The van der Waals surface area contributed by atoms with Crippen LogP contribution in [0.4, 0.5) is 0 Å². The molecular weight excluding hydrogens is 224 g/mol. The number of hydrogen-bond acceptors (Lipinski definition) is 2. The van der Waals surface area contributed by atoms with E-state index in [1.165, 1.54) is 0 Å². The normalized spacial score (nSPS) is 23.7. The molecule has 0 bridgehead atoms. The third-order valence-corrected chi connectivity index (χ3v) is 2.87. The molecule has 0 N–H and O–H groups in total. The van der Waals surface area contributed by atoms with Crippen LogP contribution >= 0.6 is 0 Å². The fourth-order valence-corrected chi connectivity index (χ4v) is 1.74. The van der Waals surface area contributed by atoms with Crippen LogP contribution in [0.5, 0.6) is 0 Å². The highest BCUT2D eigenvalue weighted by molar-refractivity contribution is 6.06. The van der Waals surface area contributed by atoms with Gasteiger partial charge in [0.25, 0.3) is 0 Å². The molecule has 0 amide bonds. The molecule has 0 aliphatic heterocycles. The van der Waals surface area contributed by atoms with Gasteiger partial charge in [-0.1, -0.05) is 24.3 Å². The van der Waals surface area contributed by atoms with Gasteiger partial charge in [0.15, 0.2) is 11.6 Å². The maximum Gasteiger partial charge on any atom is 0.181 e. The summed E-state index contributed by atoms with van der Waals surface area (Å²) < 4.78 is 0. The van der Waals surface area contributed by atoms with E-state index in [9.17, 15) is 9.59 Å². The van der Waals surface area contributed by atoms with Crippen molar-refractivity contribution in [1.29, 1.82) is 0 Å². The summed E-state index contributed by atoms with van der Waals surface area (Å²) in [5.74, 6) is 0.109. The maximum absolute atomic E-state index is 11.3. The largest absolute Gasteiger partial charge is 0.290 e. The number of carbonyl (C=O) groups is 2. The number of carbonyl (C=O) groups excluding carboxylic acids is 2. The smallest absolute Gasteiger partial charge is 0.181 e. The second-order valence-electron chi connectivity index (χ2n) is 4.38. The van der Waals surface area contributed by atoms with E-state index in [1.54, 1.807) is 38.2 Å². The van der Waals surface area contributed by atoms with E-state index in [-0.39, 0.29) is 11.6 Å². The molecule has 0 spiro atoms. The first-order valence-electron chi connectivity index (χ1n) is 5.79. The van der Waals surface area contributed by atoms with Crippen LogP contribution in [-0.2, 0) is 9.59 Å². The molecule has 0 aromatic heterocycles. The van der Waals surface area contributed by atoms with Gasteiger partial charge < -0.3 is 0 Å². The van der Waals surface area contributed by atoms with Crippen molar-refractivity contribution < 1.29 is 9.59 Å². The van der Waals surface area contributed by atoms with Crippen LogP contribution in [-0.4, -0.2) is 11.6 Å². The Morgan fingerprint density at radius 2 is 1.11 bits per heavy atom. The second-order valence-corrected chi connectivity index (χ2v) is 4.38. The van der Waals surface area contributed by atoms with E-state index in [2.05, 4.69) is 0 Å². The summed E-state index contributed by atoms with van der Waals surface area (Å²) in [6, 6.07) is 0. The molecule has 0 saturated carbocycles. The van der Waals surface area contributed by atoms with E-state index in [0.717, 1.165) is 22.3 Å². The summed E-state index contributed by atoms with van der Waals surface area (Å²) in [5, 5.41) is 0. The predicted octanol–water partition coefficient (Wildman–Crippen LogP) is 3.01. The molecule has 0 fully saturated rings. The van der Waals surface area contributed by atoms with Crippen molar-refractivity contribution in [2.45, 2.75) is 13.8 Å². The van der Waals surface area contributed by atoms with Gasteiger partial charge in [-0.25, -0.2) is 0 Å². The molecule has 2 heteroatoms. The summed E-state index contributed by atoms with van der Waals surface area (Å²) in [4.78, 5) is 22.5. The molecule has 2 nitrogen and oxygen atoms in total. The van der Waals surface area contributed by atoms with Crippen molar-refractivity contribution >= 4 is 11.6 Å². The summed E-state index contributed by atoms with van der Waals surface area (Å²) in [7, 11) is 0. The highest BCUT2D eigenvalue weighted by Crippen LogP contribution is 2.15. The fourth-order valence-electron chi connectivity index (χ4n) is 1.74. The highest BCUT2D eigenvalue weighted by Gasteiger charge is 2.06. The molecule has 90 valence electrons. The topological polar surface area (TPSA) is 34.1 Å². The van der Waals surface area contributed by atoms with Crippen molar-refractivity contribution in [3.05, 3.63) is 70.9 Å². The van der Waals surface area contributed by atoms with Crippen LogP contribution in [0, 0.1) is 0 Å². The van der Waals surface area contributed by atoms with Gasteiger partial charge in [-0.05, 0) is 60.4 Å². The Balaban J connectivity index is 2.22. The lowest BCUT2D eigenvalue weighted by Crippen LogP contribution is -2.00. The molecule has 0 atom stereocenters. The van der Waals surface area contributed by atoms with Gasteiger partial charge in [-0.2, -0.15) is 0 Å². The van der Waals surface area contributed by atoms with Crippen LogP contribution < -0.4 is 0 Å². The van der Waals surface area contributed by atoms with E-state index in [4.69, 9.17) is 0 Å². The summed E-state index contributed by atoms with van der Waals surface area (Å²) in [5.41, 5.74) is 3.44. The van der Waals surface area contributed by atoms with E-state index in [1.807, 2.05) is 24.3 Å². The number of allylic oxidation sites excluding steroid dienone is 12. The lowest BCUT2D eigenvalue weighted by Gasteiger charge is -2.05. The zero-order valence-electron chi connectivity index (χ0n) is 10.4. The summed E-state index contributed by atoms with van der Waals surface area (Å²) >= 11 is 0. The molecule has 0 radical (unpaired) electrons. The Bertz CT molecular complexity index is 537. The molecule has 0 aromatic rings. The van der Waals surface area contributed by atoms with Crippen LogP contribution in [0.2, 0.25) is 0 Å². The first-order chi connectivity index (χ1) is 8.56. The zero-order chi connectivity index (χ0) is 13.1. The van der Waals surface area contributed by atoms with E-state index >= 15 is 0 Å². The summed E-state index contributed by atoms with van der Waals surface area (Å²) in [6.07, 6.45) is 14.3. The quantitative estimate of drug-likeness (QED) is 0.703. The minimum absolute atomic E-state index is 0.0544. The minimum atomic E-state index is 0.0544. The third-order valence-electron chi connectivity index (χ3n) is 2.87. The standard InChI is InChI=1S/C16H14O2/c1-11-9-13(5-7-15(11)17)3-4-14-6-8-16(18)12(2)10-14/h3-10H,1-2H3/b13-3+,14-4+. The first-order valence-corrected chi connectivity index (χ1v) is 5.79. The third kappa shape index (κ3) is 2.72. The molecule has 2 rings (SSSR count). The van der Waals surface area contributed by atoms with Crippen molar-refractivity contribution in [2.75, 3.05) is 0 Å². The van der Waals surface area contributed by atoms with Gasteiger partial charge in [0, 0.05) is 0 Å². The SMILES string of the molecule is CC1=C/C(=C/C=C2\C=CC(=O)C(C)=C2)C=CC1=O. The van der Waals surface area contributed by atoms with Gasteiger partial charge in [0.2, 0.25) is 0 Å². The first kappa shape index (κ1) is 12.2. The number of ketones is 2. The monoisotopic (exact) mass is 238 g/mol. The van der Waals surface area contributed by atoms with E-state index < -0.39 is 0 Å². The van der Waals surface area contributed by atoms with Crippen molar-refractivity contribution in [1.82, 2.24) is 0 Å². The molecule has 18 heavy (non-hydrogen) atoms. The summed E-state index contributed by atoms with van der Waals surface area (Å²) in [6.45, 7) is 3.60. The lowest BCUT2D eigenvalue weighted by atomic mass is 9.99. The molecule has 0 heterocycles. The van der Waals surface area contributed by atoms with Gasteiger partial charge in [0.05, 0.1) is 0 Å². The van der Waals surface area contributed by atoms with Gasteiger partial charge in [-0.3, -0.25) is 9.59 Å². The lowest BCUT2D eigenvalue weighted by molar-refractivity contribution is -0.112. The van der Waals surface area contributed by atoms with Gasteiger partial charge >= 0.3 is 0 Å². The van der Waals surface area contributed by atoms with Crippen LogP contribution in [0.25, 0.3) is 0 Å². The molecule has 0 saturated heterocycles. The van der Waals surface area contributed by atoms with Gasteiger partial charge in [0.1, 0.15) is 0 Å². The number of rotatable bonds is 1. The number of hydrogen-bond donors (Lipinski definition) is 0. The predicted molar refractivity (Wildman–Crippen MR) is 72.0 cm³/mol. The second kappa shape index (κ2) is 4.96. The Morgan fingerprint density at radius 1 is 0.722 bits per heavy atom. The van der Waals surface area contributed by atoms with Crippen LogP contribution in [0.15, 0.2) is 70.9 Å². The molecule has 2 aliphatic rings. The Labute approximate surface area is 106 Å². The Kier molecular flexibility index (Phi) is 3.38. The van der Waals surface area contributed by atoms with Crippen molar-refractivity contribution in [3.8, 4) is 0 Å². The zero-order valence-corrected chi connectivity index (χ0v) is 10.4. The van der Waals surface area contributed by atoms with Gasteiger partial charge in [-0.15, -0.1) is 0 Å². The molecule has 2 aliphatic carbocycles. The average molecular weight is 238 g/mol. The molecule has 0 aromatic carbocycles. The van der Waals surface area contributed by atoms with Crippen LogP contribution in [0.3, 0.4) is 0 Å². The fraction of sp³-hybridized carbons (Fsp3) is 0.125. The van der Waals surface area contributed by atoms with E-state index in [0.29, 0.717) is 0 Å². The molecule has 0 unspecified atom stereocenters.